The molecule has 0 aliphatic carbocycles. The number of hydrogen-bond donors (Lipinski definition) is 4. The highest BCUT2D eigenvalue weighted by molar-refractivity contribution is 5.76. The van der Waals surface area contributed by atoms with Crippen molar-refractivity contribution in [3.63, 3.8) is 0 Å². The molecule has 0 spiro atoms. The fourth-order valence-corrected chi connectivity index (χ4v) is 1.19. The van der Waals surface area contributed by atoms with E-state index in [2.05, 4.69) is 15.6 Å². The molecule has 0 saturated heterocycles. The summed E-state index contributed by atoms with van der Waals surface area (Å²) < 4.78 is 4.93. The van der Waals surface area contributed by atoms with Gasteiger partial charge in [0.05, 0.1) is 13.7 Å². The Labute approximate surface area is 109 Å². The lowest BCUT2D eigenvalue weighted by atomic mass is 10.2. The van der Waals surface area contributed by atoms with E-state index in [1.54, 1.807) is 18.3 Å². The molecule has 0 fully saturated rings. The van der Waals surface area contributed by atoms with E-state index in [-0.39, 0.29) is 13.1 Å². The van der Waals surface area contributed by atoms with Crippen LogP contribution in [0.1, 0.15) is 5.56 Å². The summed E-state index contributed by atoms with van der Waals surface area (Å²) in [5.74, 6) is -0.958. The van der Waals surface area contributed by atoms with Gasteiger partial charge < -0.3 is 25.6 Å². The molecule has 1 rings (SSSR count). The molecule has 104 valence electrons. The van der Waals surface area contributed by atoms with E-state index in [4.69, 9.17) is 14.9 Å². The Morgan fingerprint density at radius 1 is 1.47 bits per heavy atom. The summed E-state index contributed by atoms with van der Waals surface area (Å²) in [6.07, 6.45) is -0.0751. The summed E-state index contributed by atoms with van der Waals surface area (Å²) in [6, 6.07) is 2.79. The van der Waals surface area contributed by atoms with E-state index in [0.717, 1.165) is 5.56 Å². The maximum Gasteiger partial charge on any atom is 0.334 e. The molecule has 0 aliphatic heterocycles. The number of nitrogens with zero attached hydrogens (tertiary/aromatic N) is 1. The van der Waals surface area contributed by atoms with Gasteiger partial charge in [-0.2, -0.15) is 0 Å². The average Bonchev–Trinajstić information content (AvgIpc) is 2.42. The second kappa shape index (κ2) is 7.17. The van der Waals surface area contributed by atoms with Crippen molar-refractivity contribution in [2.45, 2.75) is 12.6 Å². The number of aliphatic hydroxyl groups is 1. The van der Waals surface area contributed by atoms with Crippen LogP contribution in [0, 0.1) is 0 Å². The molecule has 8 heteroatoms. The maximum atomic E-state index is 11.3. The van der Waals surface area contributed by atoms with Crippen molar-refractivity contribution in [2.75, 3.05) is 13.7 Å². The minimum Gasteiger partial charge on any atom is -0.481 e. The zero-order chi connectivity index (χ0) is 14.3. The van der Waals surface area contributed by atoms with Crippen molar-refractivity contribution in [2.24, 2.45) is 0 Å². The van der Waals surface area contributed by atoms with Crippen LogP contribution in [-0.2, 0) is 11.3 Å². The fraction of sp³-hybridized carbons (Fsp3) is 0.364. The highest BCUT2D eigenvalue weighted by Gasteiger charge is 2.13. The van der Waals surface area contributed by atoms with Crippen LogP contribution in [0.5, 0.6) is 5.88 Å². The van der Waals surface area contributed by atoms with Crippen LogP contribution >= 0.6 is 0 Å². The summed E-state index contributed by atoms with van der Waals surface area (Å²) in [4.78, 5) is 25.6. The van der Waals surface area contributed by atoms with E-state index in [1.807, 2.05) is 0 Å². The van der Waals surface area contributed by atoms with Crippen LogP contribution in [0.3, 0.4) is 0 Å². The first kappa shape index (κ1) is 14.7. The monoisotopic (exact) mass is 269 g/mol. The van der Waals surface area contributed by atoms with Crippen LogP contribution in [0.2, 0.25) is 0 Å². The summed E-state index contributed by atoms with van der Waals surface area (Å²) in [7, 11) is 1.49. The van der Waals surface area contributed by atoms with Gasteiger partial charge in [0.15, 0.2) is 6.10 Å². The molecule has 0 aliphatic rings. The molecule has 1 atom stereocenters. The molecule has 2 amide bonds. The quantitative estimate of drug-likeness (QED) is 0.544. The highest BCUT2D eigenvalue weighted by Crippen LogP contribution is 2.07. The van der Waals surface area contributed by atoms with Gasteiger partial charge in [0.2, 0.25) is 5.88 Å². The molecule has 0 aromatic carbocycles. The smallest absolute Gasteiger partial charge is 0.334 e. The first-order valence-electron chi connectivity index (χ1n) is 5.44. The predicted molar refractivity (Wildman–Crippen MR) is 64.7 cm³/mol. The van der Waals surface area contributed by atoms with Crippen molar-refractivity contribution in [1.82, 2.24) is 15.6 Å². The summed E-state index contributed by atoms with van der Waals surface area (Å²) in [5, 5.41) is 22.1. The van der Waals surface area contributed by atoms with Gasteiger partial charge in [0, 0.05) is 18.8 Å². The van der Waals surface area contributed by atoms with Crippen LogP contribution in [-0.4, -0.2) is 47.0 Å². The van der Waals surface area contributed by atoms with Gasteiger partial charge in [-0.25, -0.2) is 14.6 Å². The van der Waals surface area contributed by atoms with Crippen molar-refractivity contribution in [3.8, 4) is 5.88 Å². The second-order valence-corrected chi connectivity index (χ2v) is 3.62. The minimum atomic E-state index is -1.62. The van der Waals surface area contributed by atoms with Gasteiger partial charge in [-0.15, -0.1) is 0 Å². The number of rotatable bonds is 6. The molecule has 8 nitrogen and oxygen atoms in total. The summed E-state index contributed by atoms with van der Waals surface area (Å²) in [6.45, 7) is -0.130. The van der Waals surface area contributed by atoms with Crippen LogP contribution < -0.4 is 15.4 Å². The van der Waals surface area contributed by atoms with Gasteiger partial charge in [-0.1, -0.05) is 0 Å². The van der Waals surface area contributed by atoms with Gasteiger partial charge in [0.25, 0.3) is 0 Å². The van der Waals surface area contributed by atoms with E-state index in [1.165, 1.54) is 7.11 Å². The van der Waals surface area contributed by atoms with Gasteiger partial charge >= 0.3 is 12.0 Å². The molecule has 1 aromatic rings. The lowest BCUT2D eigenvalue weighted by Crippen LogP contribution is -2.41. The maximum absolute atomic E-state index is 11.3. The number of carbonyl (C=O) groups is 2. The molecule has 0 saturated carbocycles. The standard InChI is InChI=1S/C11H15N3O5/c1-19-9-4-7(2-3-12-9)5-13-11(18)14-6-8(15)10(16)17/h2-4,8,15H,5-6H2,1H3,(H,16,17)(H2,13,14,18)/t8-/m0/s1. The number of aliphatic carboxylic acids is 1. The number of amides is 2. The zero-order valence-electron chi connectivity index (χ0n) is 10.3. The van der Waals surface area contributed by atoms with Gasteiger partial charge in [-0.3, -0.25) is 0 Å². The number of aliphatic hydroxyl groups excluding tert-OH is 1. The molecule has 1 aromatic heterocycles. The number of aromatic nitrogens is 1. The van der Waals surface area contributed by atoms with E-state index >= 15 is 0 Å². The minimum absolute atomic E-state index is 0.230. The Morgan fingerprint density at radius 2 is 2.21 bits per heavy atom. The molecule has 1 heterocycles. The molecular weight excluding hydrogens is 254 g/mol. The van der Waals surface area contributed by atoms with Crippen molar-refractivity contribution in [1.29, 1.82) is 0 Å². The number of carboxylic acids is 1. The van der Waals surface area contributed by atoms with Crippen LogP contribution in [0.15, 0.2) is 18.3 Å². The third kappa shape index (κ3) is 5.21. The number of methoxy groups -OCH3 is 1. The Balaban J connectivity index is 2.35. The van der Waals surface area contributed by atoms with Gasteiger partial charge in [0.1, 0.15) is 0 Å². The van der Waals surface area contributed by atoms with Crippen LogP contribution in [0.4, 0.5) is 4.79 Å². The van der Waals surface area contributed by atoms with E-state index in [0.29, 0.717) is 5.88 Å². The molecule has 4 N–H and O–H groups in total. The largest absolute Gasteiger partial charge is 0.481 e. The van der Waals surface area contributed by atoms with E-state index in [9.17, 15) is 9.59 Å². The number of carbonyl (C=O) groups excluding carboxylic acids is 1. The zero-order valence-corrected chi connectivity index (χ0v) is 10.3. The molecule has 0 radical (unpaired) electrons. The summed E-state index contributed by atoms with van der Waals surface area (Å²) >= 11 is 0. The number of nitrogens with one attached hydrogen (secondary N) is 2. The first-order chi connectivity index (χ1) is 9.02. The molecule has 19 heavy (non-hydrogen) atoms. The van der Waals surface area contributed by atoms with Crippen molar-refractivity contribution >= 4 is 12.0 Å². The van der Waals surface area contributed by atoms with E-state index < -0.39 is 18.1 Å². The third-order valence-electron chi connectivity index (χ3n) is 2.20. The van der Waals surface area contributed by atoms with Gasteiger partial charge in [-0.05, 0) is 11.6 Å². The Bertz CT molecular complexity index is 452. The Kier molecular flexibility index (Phi) is 5.55. The fourth-order valence-electron chi connectivity index (χ4n) is 1.19. The SMILES string of the molecule is COc1cc(CNC(=O)NC[C@H](O)C(=O)O)ccn1. The Morgan fingerprint density at radius 3 is 2.84 bits per heavy atom. The number of hydrogen-bond acceptors (Lipinski definition) is 5. The molecule has 0 bridgehead atoms. The third-order valence-corrected chi connectivity index (χ3v) is 2.20. The first-order valence-corrected chi connectivity index (χ1v) is 5.44. The average molecular weight is 269 g/mol. The molecule has 0 unspecified atom stereocenters. The summed E-state index contributed by atoms with van der Waals surface area (Å²) in [5.41, 5.74) is 0.779. The number of pyridine rings is 1. The number of urea groups is 1. The Hall–Kier alpha value is -2.35. The number of ether oxygens (including phenoxy) is 1. The highest BCUT2D eigenvalue weighted by atomic mass is 16.5. The number of carboxylic acid groups (broad SMARTS) is 1. The topological polar surface area (TPSA) is 121 Å². The second-order valence-electron chi connectivity index (χ2n) is 3.62. The lowest BCUT2D eigenvalue weighted by Gasteiger charge is -2.09. The van der Waals surface area contributed by atoms with Crippen molar-refractivity contribution in [3.05, 3.63) is 23.9 Å². The van der Waals surface area contributed by atoms with Crippen molar-refractivity contribution < 1.29 is 24.5 Å². The lowest BCUT2D eigenvalue weighted by molar-refractivity contribution is -0.146. The normalized spacial score (nSPS) is 11.5. The molecular formula is C11H15N3O5. The van der Waals surface area contributed by atoms with Crippen LogP contribution in [0.25, 0.3) is 0 Å². The predicted octanol–water partition coefficient (Wildman–Crippen LogP) is -0.665.